The molecule has 0 saturated heterocycles. The summed E-state index contributed by atoms with van der Waals surface area (Å²) in [5.74, 6) is 0.363. The number of carbonyl (C=O) groups excluding carboxylic acids is 1. The van der Waals surface area contributed by atoms with Gasteiger partial charge in [0.25, 0.3) is 0 Å². The van der Waals surface area contributed by atoms with E-state index in [9.17, 15) is 9.90 Å². The number of aromatic hydroxyl groups is 1. The Labute approximate surface area is 208 Å². The molecule has 178 valence electrons. The highest BCUT2D eigenvalue weighted by atomic mass is 32.1. The van der Waals surface area contributed by atoms with Crippen molar-refractivity contribution in [1.82, 2.24) is 4.98 Å². The monoisotopic (exact) mass is 486 g/mol. The summed E-state index contributed by atoms with van der Waals surface area (Å²) in [7, 11) is 0. The van der Waals surface area contributed by atoms with Crippen molar-refractivity contribution in [3.05, 3.63) is 89.5 Å². The number of hydrogen-bond donors (Lipinski definition) is 3. The van der Waals surface area contributed by atoms with Gasteiger partial charge >= 0.3 is 0 Å². The number of ether oxygens (including phenoxy) is 1. The van der Waals surface area contributed by atoms with Crippen molar-refractivity contribution in [2.75, 3.05) is 17.3 Å². The van der Waals surface area contributed by atoms with E-state index in [1.165, 1.54) is 11.3 Å². The molecule has 0 atom stereocenters. The SMILES string of the molecule is CCOc1cc(C=NNc2nc(-c3ccc(C)cc3)c(NC(=O)Cc3ccccc3)s2)ccc1O. The van der Waals surface area contributed by atoms with Gasteiger partial charge in [-0.15, -0.1) is 0 Å². The van der Waals surface area contributed by atoms with Crippen LogP contribution in [-0.2, 0) is 11.2 Å². The molecule has 0 bridgehead atoms. The first-order chi connectivity index (χ1) is 17.0. The molecule has 0 saturated carbocycles. The topological polar surface area (TPSA) is 95.8 Å². The van der Waals surface area contributed by atoms with Crippen molar-refractivity contribution < 1.29 is 14.6 Å². The standard InChI is InChI=1S/C27H26N4O3S/c1-3-34-23-15-20(11-14-22(23)32)17-28-31-27-30-25(21-12-9-18(2)10-13-21)26(35-27)29-24(33)16-19-7-5-4-6-8-19/h4-15,17,32H,3,16H2,1-2H3,(H,29,33)(H,30,31). The molecule has 7 nitrogen and oxygen atoms in total. The Bertz CT molecular complexity index is 1320. The molecule has 0 spiro atoms. The molecule has 1 amide bonds. The van der Waals surface area contributed by atoms with Crippen molar-refractivity contribution in [1.29, 1.82) is 0 Å². The summed E-state index contributed by atoms with van der Waals surface area (Å²) in [5, 5.41) is 18.3. The molecule has 4 rings (SSSR count). The minimum atomic E-state index is -0.115. The van der Waals surface area contributed by atoms with E-state index in [4.69, 9.17) is 4.74 Å². The van der Waals surface area contributed by atoms with Crippen molar-refractivity contribution in [2.45, 2.75) is 20.3 Å². The number of hydrogen-bond acceptors (Lipinski definition) is 7. The number of rotatable bonds is 9. The fraction of sp³-hybridized carbons (Fsp3) is 0.148. The van der Waals surface area contributed by atoms with Crippen molar-refractivity contribution in [3.63, 3.8) is 0 Å². The van der Waals surface area contributed by atoms with E-state index in [-0.39, 0.29) is 18.1 Å². The number of nitrogens with one attached hydrogen (secondary N) is 2. The number of amides is 1. The van der Waals surface area contributed by atoms with Gasteiger partial charge in [0.1, 0.15) is 10.7 Å². The number of phenols is 1. The van der Waals surface area contributed by atoms with Crippen LogP contribution in [0.3, 0.4) is 0 Å². The Kier molecular flexibility index (Phi) is 7.74. The number of phenolic OH excluding ortho intramolecular Hbond substituents is 1. The molecular formula is C27H26N4O3S. The van der Waals surface area contributed by atoms with E-state index in [1.54, 1.807) is 24.4 Å². The Morgan fingerprint density at radius 2 is 1.89 bits per heavy atom. The van der Waals surface area contributed by atoms with Gasteiger partial charge in [-0.1, -0.05) is 71.5 Å². The van der Waals surface area contributed by atoms with Crippen molar-refractivity contribution in [3.8, 4) is 22.8 Å². The normalized spacial score (nSPS) is 10.9. The highest BCUT2D eigenvalue weighted by Gasteiger charge is 2.16. The first kappa shape index (κ1) is 24.0. The van der Waals surface area contributed by atoms with Crippen LogP contribution in [0, 0.1) is 6.92 Å². The molecule has 0 radical (unpaired) electrons. The van der Waals surface area contributed by atoms with E-state index in [0.717, 1.165) is 22.3 Å². The largest absolute Gasteiger partial charge is 0.504 e. The van der Waals surface area contributed by atoms with E-state index < -0.39 is 0 Å². The number of aromatic nitrogens is 1. The number of benzene rings is 3. The minimum absolute atomic E-state index is 0.0792. The van der Waals surface area contributed by atoms with Gasteiger partial charge in [-0.3, -0.25) is 10.2 Å². The lowest BCUT2D eigenvalue weighted by Crippen LogP contribution is -2.14. The fourth-order valence-corrected chi connectivity index (χ4v) is 4.21. The lowest BCUT2D eigenvalue weighted by Gasteiger charge is -2.06. The van der Waals surface area contributed by atoms with Gasteiger partial charge in [0.15, 0.2) is 11.5 Å². The average Bonchev–Trinajstić information content (AvgIpc) is 3.24. The van der Waals surface area contributed by atoms with Crippen molar-refractivity contribution in [2.24, 2.45) is 5.10 Å². The molecular weight excluding hydrogens is 460 g/mol. The summed E-state index contributed by atoms with van der Waals surface area (Å²) in [5.41, 5.74) is 7.36. The Morgan fingerprint density at radius 3 is 2.63 bits per heavy atom. The minimum Gasteiger partial charge on any atom is -0.504 e. The summed E-state index contributed by atoms with van der Waals surface area (Å²) in [4.78, 5) is 17.4. The molecule has 0 aliphatic rings. The smallest absolute Gasteiger partial charge is 0.229 e. The zero-order chi connectivity index (χ0) is 24.6. The predicted molar refractivity (Wildman–Crippen MR) is 142 cm³/mol. The van der Waals surface area contributed by atoms with Gasteiger partial charge in [0.2, 0.25) is 11.0 Å². The van der Waals surface area contributed by atoms with Gasteiger partial charge in [-0.05, 0) is 43.2 Å². The number of aryl methyl sites for hydroxylation is 1. The van der Waals surface area contributed by atoms with Gasteiger partial charge in [-0.25, -0.2) is 4.98 Å². The maximum atomic E-state index is 12.7. The first-order valence-corrected chi connectivity index (χ1v) is 12.0. The quantitative estimate of drug-likeness (QED) is 0.204. The zero-order valence-corrected chi connectivity index (χ0v) is 20.3. The Morgan fingerprint density at radius 1 is 1.11 bits per heavy atom. The third kappa shape index (κ3) is 6.45. The Hall–Kier alpha value is -4.17. The molecule has 1 heterocycles. The molecule has 3 aromatic carbocycles. The molecule has 0 aliphatic heterocycles. The third-order valence-corrected chi connectivity index (χ3v) is 5.95. The second-order valence-corrected chi connectivity index (χ2v) is 8.80. The number of hydrazone groups is 1. The lowest BCUT2D eigenvalue weighted by atomic mass is 10.1. The van der Waals surface area contributed by atoms with E-state index in [2.05, 4.69) is 20.8 Å². The molecule has 35 heavy (non-hydrogen) atoms. The summed E-state index contributed by atoms with van der Waals surface area (Å²) >= 11 is 1.31. The van der Waals surface area contributed by atoms with Gasteiger partial charge < -0.3 is 15.2 Å². The predicted octanol–water partition coefficient (Wildman–Crippen LogP) is 5.85. The fourth-order valence-electron chi connectivity index (χ4n) is 3.36. The Balaban J connectivity index is 1.53. The van der Waals surface area contributed by atoms with E-state index >= 15 is 0 Å². The molecule has 1 aromatic heterocycles. The number of thiazole rings is 1. The first-order valence-electron chi connectivity index (χ1n) is 11.2. The van der Waals surface area contributed by atoms with E-state index in [1.807, 2.05) is 68.4 Å². The van der Waals surface area contributed by atoms with Crippen molar-refractivity contribution >= 4 is 33.6 Å². The highest BCUT2D eigenvalue weighted by molar-refractivity contribution is 7.20. The lowest BCUT2D eigenvalue weighted by molar-refractivity contribution is -0.115. The number of carbonyl (C=O) groups is 1. The van der Waals surface area contributed by atoms with E-state index in [0.29, 0.717) is 28.2 Å². The summed E-state index contributed by atoms with van der Waals surface area (Å²) in [6.07, 6.45) is 1.89. The molecule has 4 aromatic rings. The van der Waals surface area contributed by atoms with Crippen LogP contribution < -0.4 is 15.5 Å². The number of nitrogens with zero attached hydrogens (tertiary/aromatic N) is 2. The van der Waals surface area contributed by atoms with Crippen LogP contribution in [0.15, 0.2) is 77.9 Å². The van der Waals surface area contributed by atoms with Crippen LogP contribution in [-0.4, -0.2) is 28.8 Å². The summed E-state index contributed by atoms with van der Waals surface area (Å²) in [6, 6.07) is 22.6. The number of anilines is 2. The van der Waals surface area contributed by atoms with Crippen LogP contribution in [0.5, 0.6) is 11.5 Å². The van der Waals surface area contributed by atoms with Gasteiger partial charge in [0.05, 0.1) is 19.2 Å². The molecule has 3 N–H and O–H groups in total. The van der Waals surface area contributed by atoms with Crippen LogP contribution >= 0.6 is 11.3 Å². The van der Waals surface area contributed by atoms with Crippen LogP contribution in [0.25, 0.3) is 11.3 Å². The average molecular weight is 487 g/mol. The second kappa shape index (κ2) is 11.3. The maximum Gasteiger partial charge on any atom is 0.229 e. The van der Waals surface area contributed by atoms with Crippen LogP contribution in [0.2, 0.25) is 0 Å². The van der Waals surface area contributed by atoms with Gasteiger partial charge in [-0.2, -0.15) is 5.10 Å². The summed E-state index contributed by atoms with van der Waals surface area (Å²) in [6.45, 7) is 4.33. The second-order valence-electron chi connectivity index (χ2n) is 7.80. The maximum absolute atomic E-state index is 12.7. The summed E-state index contributed by atoms with van der Waals surface area (Å²) < 4.78 is 5.42. The van der Waals surface area contributed by atoms with Crippen LogP contribution in [0.1, 0.15) is 23.6 Å². The molecule has 0 fully saturated rings. The van der Waals surface area contributed by atoms with Gasteiger partial charge in [0, 0.05) is 5.56 Å². The van der Waals surface area contributed by atoms with Crippen LogP contribution in [0.4, 0.5) is 10.1 Å². The molecule has 0 aliphatic carbocycles. The third-order valence-electron chi connectivity index (χ3n) is 5.07. The highest BCUT2D eigenvalue weighted by Crippen LogP contribution is 2.36. The zero-order valence-electron chi connectivity index (χ0n) is 19.5. The molecule has 8 heteroatoms. The molecule has 0 unspecified atom stereocenters.